The predicted molar refractivity (Wildman–Crippen MR) is 94.1 cm³/mol. The van der Waals surface area contributed by atoms with E-state index in [0.29, 0.717) is 6.54 Å². The zero-order chi connectivity index (χ0) is 16.5. The molecule has 0 amide bonds. The van der Waals surface area contributed by atoms with Crippen LogP contribution in [0.4, 0.5) is 11.4 Å². The summed E-state index contributed by atoms with van der Waals surface area (Å²) >= 11 is 0. The first-order chi connectivity index (χ1) is 10.5. The Hall–Kier alpha value is -1.71. The summed E-state index contributed by atoms with van der Waals surface area (Å²) in [6.07, 6.45) is 2.37. The molecule has 0 aliphatic heterocycles. The van der Waals surface area contributed by atoms with E-state index in [1.807, 2.05) is 0 Å². The van der Waals surface area contributed by atoms with Gasteiger partial charge in [0.25, 0.3) is 0 Å². The number of nitrogens with zero attached hydrogens (tertiary/aromatic N) is 2. The van der Waals surface area contributed by atoms with Gasteiger partial charge in [0, 0.05) is 37.6 Å². The van der Waals surface area contributed by atoms with Crippen LogP contribution in [0.15, 0.2) is 18.2 Å². The normalized spacial score (nSPS) is 10.5. The molecule has 0 aliphatic carbocycles. The third kappa shape index (κ3) is 5.24. The second kappa shape index (κ2) is 9.34. The molecule has 22 heavy (non-hydrogen) atoms. The molecule has 1 rings (SSSR count). The first-order valence-corrected chi connectivity index (χ1v) is 8.35. The maximum atomic E-state index is 10.9. The largest absolute Gasteiger partial charge is 0.481 e. The van der Waals surface area contributed by atoms with Gasteiger partial charge in [-0.2, -0.15) is 0 Å². The highest BCUT2D eigenvalue weighted by Gasteiger charge is 2.12. The molecule has 0 aliphatic rings. The van der Waals surface area contributed by atoms with Crippen molar-refractivity contribution < 1.29 is 9.90 Å². The molecule has 0 radical (unpaired) electrons. The Labute approximate surface area is 134 Å². The second-order valence-electron chi connectivity index (χ2n) is 5.63. The van der Waals surface area contributed by atoms with Crippen LogP contribution < -0.4 is 9.80 Å². The van der Waals surface area contributed by atoms with Gasteiger partial charge in [0.15, 0.2) is 0 Å². The van der Waals surface area contributed by atoms with Gasteiger partial charge in [-0.25, -0.2) is 0 Å². The van der Waals surface area contributed by atoms with Crippen molar-refractivity contribution in [1.82, 2.24) is 0 Å². The molecule has 1 aromatic rings. The summed E-state index contributed by atoms with van der Waals surface area (Å²) in [5.41, 5.74) is 3.61. The number of carbonyl (C=O) groups is 1. The number of rotatable bonds is 10. The summed E-state index contributed by atoms with van der Waals surface area (Å²) in [6.45, 7) is 12.1. The van der Waals surface area contributed by atoms with Crippen molar-refractivity contribution in [3.63, 3.8) is 0 Å². The molecule has 124 valence electrons. The lowest BCUT2D eigenvalue weighted by Crippen LogP contribution is -2.28. The fraction of sp³-hybridized carbons (Fsp3) is 0.611. The zero-order valence-corrected chi connectivity index (χ0v) is 14.4. The molecule has 4 heteroatoms. The van der Waals surface area contributed by atoms with Crippen LogP contribution >= 0.6 is 0 Å². The molecule has 0 unspecified atom stereocenters. The molecular weight excluding hydrogens is 276 g/mol. The Bertz CT molecular complexity index is 470. The minimum absolute atomic E-state index is 0.181. The summed E-state index contributed by atoms with van der Waals surface area (Å²) in [6, 6.07) is 6.50. The fourth-order valence-corrected chi connectivity index (χ4v) is 2.71. The topological polar surface area (TPSA) is 43.8 Å². The molecular formula is C18H30N2O2. The molecule has 0 heterocycles. The summed E-state index contributed by atoms with van der Waals surface area (Å²) < 4.78 is 0. The van der Waals surface area contributed by atoms with Crippen LogP contribution in [-0.2, 0) is 4.79 Å². The second-order valence-corrected chi connectivity index (χ2v) is 5.63. The van der Waals surface area contributed by atoms with Gasteiger partial charge in [-0.05, 0) is 51.0 Å². The van der Waals surface area contributed by atoms with E-state index in [0.717, 1.165) is 38.2 Å². The maximum Gasteiger partial charge on any atom is 0.305 e. The summed E-state index contributed by atoms with van der Waals surface area (Å²) in [5, 5.41) is 8.95. The highest BCUT2D eigenvalue weighted by atomic mass is 16.4. The van der Waals surface area contributed by atoms with E-state index < -0.39 is 5.97 Å². The van der Waals surface area contributed by atoms with Gasteiger partial charge in [0.1, 0.15) is 0 Å². The molecule has 0 fully saturated rings. The Morgan fingerprint density at radius 3 is 2.27 bits per heavy atom. The Kier molecular flexibility index (Phi) is 7.78. The Balaban J connectivity index is 2.95. The lowest BCUT2D eigenvalue weighted by molar-refractivity contribution is -0.136. The van der Waals surface area contributed by atoms with Gasteiger partial charge in [-0.15, -0.1) is 0 Å². The first-order valence-electron chi connectivity index (χ1n) is 8.35. The van der Waals surface area contributed by atoms with Crippen LogP contribution in [0.5, 0.6) is 0 Å². The van der Waals surface area contributed by atoms with E-state index in [4.69, 9.17) is 5.11 Å². The minimum atomic E-state index is -0.737. The number of benzene rings is 1. The van der Waals surface area contributed by atoms with Crippen LogP contribution in [-0.4, -0.2) is 37.3 Å². The van der Waals surface area contributed by atoms with E-state index >= 15 is 0 Å². The van der Waals surface area contributed by atoms with Gasteiger partial charge in [0.2, 0.25) is 0 Å². The van der Waals surface area contributed by atoms with Crippen molar-refractivity contribution >= 4 is 17.3 Å². The van der Waals surface area contributed by atoms with Crippen molar-refractivity contribution in [3.05, 3.63) is 23.8 Å². The quantitative estimate of drug-likeness (QED) is 0.711. The van der Waals surface area contributed by atoms with Crippen molar-refractivity contribution in [1.29, 1.82) is 0 Å². The number of carboxylic acid groups (broad SMARTS) is 1. The standard InChI is InChI=1S/C18H30N2O2/c1-5-8-12-20(13-11-18(21)22)17-10-9-16(14-15(17)4)19(6-2)7-3/h9-10,14H,5-8,11-13H2,1-4H3,(H,21,22). The first kappa shape index (κ1) is 18.3. The van der Waals surface area contributed by atoms with E-state index in [1.165, 1.54) is 11.3 Å². The summed E-state index contributed by atoms with van der Waals surface area (Å²) in [7, 11) is 0. The third-order valence-electron chi connectivity index (χ3n) is 4.03. The summed E-state index contributed by atoms with van der Waals surface area (Å²) in [4.78, 5) is 15.4. The van der Waals surface area contributed by atoms with Crippen LogP contribution in [0.2, 0.25) is 0 Å². The average Bonchev–Trinajstić information content (AvgIpc) is 2.49. The number of aryl methyl sites for hydroxylation is 1. The molecule has 0 saturated heterocycles. The SMILES string of the molecule is CCCCN(CCC(=O)O)c1ccc(N(CC)CC)cc1C. The molecule has 1 N–H and O–H groups in total. The lowest BCUT2D eigenvalue weighted by Gasteiger charge is -2.28. The van der Waals surface area contributed by atoms with E-state index in [1.54, 1.807) is 0 Å². The Morgan fingerprint density at radius 2 is 1.77 bits per heavy atom. The number of unbranched alkanes of at least 4 members (excludes halogenated alkanes) is 1. The maximum absolute atomic E-state index is 10.9. The van der Waals surface area contributed by atoms with Gasteiger partial charge in [0.05, 0.1) is 6.42 Å². The van der Waals surface area contributed by atoms with Crippen LogP contribution in [0.3, 0.4) is 0 Å². The highest BCUT2D eigenvalue weighted by molar-refractivity contribution is 5.68. The molecule has 1 aromatic carbocycles. The smallest absolute Gasteiger partial charge is 0.305 e. The molecule has 0 aromatic heterocycles. The predicted octanol–water partition coefficient (Wildman–Crippen LogP) is 3.92. The zero-order valence-electron chi connectivity index (χ0n) is 14.4. The Morgan fingerprint density at radius 1 is 1.09 bits per heavy atom. The average molecular weight is 306 g/mol. The number of aliphatic carboxylic acids is 1. The number of anilines is 2. The van der Waals surface area contributed by atoms with Gasteiger partial charge < -0.3 is 14.9 Å². The highest BCUT2D eigenvalue weighted by Crippen LogP contribution is 2.26. The fourth-order valence-electron chi connectivity index (χ4n) is 2.71. The van der Waals surface area contributed by atoms with Crippen molar-refractivity contribution in [2.75, 3.05) is 36.0 Å². The third-order valence-corrected chi connectivity index (χ3v) is 4.03. The van der Waals surface area contributed by atoms with Crippen LogP contribution in [0.25, 0.3) is 0 Å². The van der Waals surface area contributed by atoms with Crippen molar-refractivity contribution in [2.45, 2.75) is 47.0 Å². The van der Waals surface area contributed by atoms with Gasteiger partial charge in [-0.3, -0.25) is 4.79 Å². The van der Waals surface area contributed by atoms with E-state index in [2.05, 4.69) is 55.7 Å². The number of hydrogen-bond acceptors (Lipinski definition) is 3. The van der Waals surface area contributed by atoms with Crippen molar-refractivity contribution in [3.8, 4) is 0 Å². The number of hydrogen-bond donors (Lipinski definition) is 1. The van der Waals surface area contributed by atoms with Crippen molar-refractivity contribution in [2.24, 2.45) is 0 Å². The lowest BCUT2D eigenvalue weighted by atomic mass is 10.1. The molecule has 4 nitrogen and oxygen atoms in total. The minimum Gasteiger partial charge on any atom is -0.481 e. The van der Waals surface area contributed by atoms with E-state index in [9.17, 15) is 4.79 Å². The van der Waals surface area contributed by atoms with E-state index in [-0.39, 0.29) is 6.42 Å². The van der Waals surface area contributed by atoms with Gasteiger partial charge >= 0.3 is 5.97 Å². The molecule has 0 spiro atoms. The number of carboxylic acids is 1. The monoisotopic (exact) mass is 306 g/mol. The molecule has 0 saturated carbocycles. The molecule has 0 atom stereocenters. The van der Waals surface area contributed by atoms with Gasteiger partial charge in [-0.1, -0.05) is 13.3 Å². The molecule has 0 bridgehead atoms. The summed E-state index contributed by atoms with van der Waals surface area (Å²) in [5.74, 6) is -0.737. The van der Waals surface area contributed by atoms with Crippen LogP contribution in [0.1, 0.15) is 45.6 Å². The van der Waals surface area contributed by atoms with Crippen LogP contribution in [0, 0.1) is 6.92 Å².